The molecule has 3 aromatic rings. The lowest BCUT2D eigenvalue weighted by atomic mass is 9.98. The molecular formula is C28H31F3N6O7S. The molecule has 1 atom stereocenters. The van der Waals surface area contributed by atoms with E-state index < -0.39 is 51.9 Å². The number of esters is 1. The third-order valence-corrected chi connectivity index (χ3v) is 8.10. The molecule has 1 saturated heterocycles. The summed E-state index contributed by atoms with van der Waals surface area (Å²) in [5.74, 6) is -2.31. The third-order valence-electron chi connectivity index (χ3n) is 6.74. The monoisotopic (exact) mass is 652 g/mol. The first-order valence-electron chi connectivity index (χ1n) is 13.6. The number of hydrogen-bond acceptors (Lipinski definition) is 9. The number of alkyl halides is 3. The van der Waals surface area contributed by atoms with E-state index in [0.717, 1.165) is 33.5 Å². The van der Waals surface area contributed by atoms with Crippen molar-refractivity contribution in [3.8, 4) is 16.9 Å². The van der Waals surface area contributed by atoms with E-state index in [1.807, 2.05) is 11.6 Å². The van der Waals surface area contributed by atoms with Crippen LogP contribution in [0.2, 0.25) is 0 Å². The number of amides is 1. The number of rotatable bonds is 9. The van der Waals surface area contributed by atoms with Gasteiger partial charge in [-0.25, -0.2) is 17.8 Å². The molecule has 1 amide bonds. The molecule has 1 aliphatic rings. The minimum absolute atomic E-state index is 0.0675. The lowest BCUT2D eigenvalue weighted by Gasteiger charge is -2.15. The van der Waals surface area contributed by atoms with Crippen molar-refractivity contribution in [2.45, 2.75) is 45.2 Å². The molecule has 1 N–H and O–H groups in total. The lowest BCUT2D eigenvalue weighted by Crippen LogP contribution is -2.37. The minimum atomic E-state index is -4.71. The Bertz CT molecular complexity index is 1680. The van der Waals surface area contributed by atoms with Gasteiger partial charge in [0.05, 0.1) is 45.7 Å². The molecular weight excluding hydrogens is 621 g/mol. The summed E-state index contributed by atoms with van der Waals surface area (Å²) in [4.78, 5) is 28.9. The van der Waals surface area contributed by atoms with Crippen LogP contribution >= 0.6 is 0 Å². The van der Waals surface area contributed by atoms with E-state index in [1.165, 1.54) is 12.1 Å². The highest BCUT2D eigenvalue weighted by Crippen LogP contribution is 2.33. The van der Waals surface area contributed by atoms with Gasteiger partial charge in [-0.15, -0.1) is 5.01 Å². The van der Waals surface area contributed by atoms with Gasteiger partial charge in [-0.2, -0.15) is 18.3 Å². The second kappa shape index (κ2) is 12.7. The smallest absolute Gasteiger partial charge is 0.435 e. The van der Waals surface area contributed by atoms with Gasteiger partial charge < -0.3 is 14.8 Å². The zero-order valence-electron chi connectivity index (χ0n) is 24.7. The molecule has 1 aliphatic heterocycles. The predicted octanol–water partition coefficient (Wildman–Crippen LogP) is 4.35. The molecule has 2 heterocycles. The van der Waals surface area contributed by atoms with Crippen molar-refractivity contribution < 1.29 is 45.7 Å². The number of aryl methyl sites for hydroxylation is 1. The molecule has 0 bridgehead atoms. The van der Waals surface area contributed by atoms with Crippen molar-refractivity contribution in [3.05, 3.63) is 71.1 Å². The Morgan fingerprint density at radius 1 is 1.11 bits per heavy atom. The average molecular weight is 653 g/mol. The second-order valence-electron chi connectivity index (χ2n) is 11.3. The van der Waals surface area contributed by atoms with Gasteiger partial charge in [0.1, 0.15) is 0 Å². The van der Waals surface area contributed by atoms with Gasteiger partial charge in [0.25, 0.3) is 16.8 Å². The number of ether oxygens (including phenoxy) is 1. The molecule has 242 valence electrons. The molecule has 4 rings (SSSR count). The SMILES string of the molecule is Cc1ccc(-c2cc(C(F)(F)F)nn2-c2ccc(S(=O)(=O)NC(=O)C3CCN([N+]([O-])=NOCOC(=O)C(C)(C)C)C3)cc2)cc1. The van der Waals surface area contributed by atoms with Crippen LogP contribution in [0.1, 0.15) is 38.4 Å². The molecule has 17 heteroatoms. The van der Waals surface area contributed by atoms with Gasteiger partial charge in [0.2, 0.25) is 11.2 Å². The standard InChI is InChI=1S/C28H31F3N6O7S/c1-18-5-7-19(8-6-18)23-15-24(28(29,30)31)32-36(23)21-9-11-22(12-10-21)45(41,42)33-25(38)20-13-14-35(16-20)37(40)34-44-17-43-26(39)27(2,3)4/h5-12,15,20H,13-14,16-17H2,1-4H3,(H,33,38). The lowest BCUT2D eigenvalue weighted by molar-refractivity contribution is -0.708. The molecule has 45 heavy (non-hydrogen) atoms. The molecule has 2 aromatic carbocycles. The molecule has 1 fully saturated rings. The Morgan fingerprint density at radius 3 is 2.36 bits per heavy atom. The highest BCUT2D eigenvalue weighted by atomic mass is 32.2. The quantitative estimate of drug-likeness (QED) is 0.0886. The van der Waals surface area contributed by atoms with E-state index in [9.17, 15) is 36.4 Å². The maximum Gasteiger partial charge on any atom is 0.435 e. The summed E-state index contributed by atoms with van der Waals surface area (Å²) in [7, 11) is -4.37. The highest BCUT2D eigenvalue weighted by Gasteiger charge is 2.36. The first kappa shape index (κ1) is 33.2. The summed E-state index contributed by atoms with van der Waals surface area (Å²) < 4.78 is 74.3. The zero-order chi connectivity index (χ0) is 33.2. The van der Waals surface area contributed by atoms with Crippen LogP contribution in [0.4, 0.5) is 13.2 Å². The van der Waals surface area contributed by atoms with Crippen LogP contribution in [0.25, 0.3) is 16.9 Å². The van der Waals surface area contributed by atoms with Crippen LogP contribution in [-0.4, -0.2) is 59.9 Å². The van der Waals surface area contributed by atoms with Gasteiger partial charge in [-0.1, -0.05) is 29.8 Å². The zero-order valence-corrected chi connectivity index (χ0v) is 25.6. The molecule has 1 aromatic heterocycles. The van der Waals surface area contributed by atoms with E-state index in [4.69, 9.17) is 9.57 Å². The average Bonchev–Trinajstić information content (AvgIpc) is 3.64. The molecule has 0 aliphatic carbocycles. The second-order valence-corrected chi connectivity index (χ2v) is 13.0. The van der Waals surface area contributed by atoms with E-state index in [1.54, 1.807) is 45.0 Å². The Kier molecular flexibility index (Phi) is 9.41. The van der Waals surface area contributed by atoms with Crippen molar-refractivity contribution >= 4 is 21.9 Å². The Morgan fingerprint density at radius 2 is 1.76 bits per heavy atom. The Balaban J connectivity index is 1.41. The minimum Gasteiger partial charge on any atom is -0.569 e. The summed E-state index contributed by atoms with van der Waals surface area (Å²) >= 11 is 0. The molecule has 0 saturated carbocycles. The highest BCUT2D eigenvalue weighted by molar-refractivity contribution is 7.90. The van der Waals surface area contributed by atoms with Crippen molar-refractivity contribution in [2.75, 3.05) is 19.9 Å². The number of sulfonamides is 1. The van der Waals surface area contributed by atoms with Crippen LogP contribution in [0.5, 0.6) is 0 Å². The number of nitrogens with zero attached hydrogens (tertiary/aromatic N) is 5. The molecule has 0 radical (unpaired) electrons. The number of aromatic nitrogens is 2. The number of benzene rings is 2. The van der Waals surface area contributed by atoms with Gasteiger partial charge in [0.15, 0.2) is 5.69 Å². The Labute approximate surface area is 256 Å². The van der Waals surface area contributed by atoms with Crippen molar-refractivity contribution in [2.24, 2.45) is 16.6 Å². The van der Waals surface area contributed by atoms with Crippen LogP contribution in [0, 0.1) is 23.5 Å². The third kappa shape index (κ3) is 8.09. The fourth-order valence-electron chi connectivity index (χ4n) is 4.22. The van der Waals surface area contributed by atoms with E-state index in [-0.39, 0.29) is 40.8 Å². The fraction of sp³-hybridized carbons (Fsp3) is 0.393. The number of hydrazine groups is 1. The summed E-state index contributed by atoms with van der Waals surface area (Å²) in [5.41, 5.74) is -0.205. The van der Waals surface area contributed by atoms with Gasteiger partial charge in [0, 0.05) is 5.56 Å². The van der Waals surface area contributed by atoms with Crippen LogP contribution in [-0.2, 0) is 35.4 Å². The largest absolute Gasteiger partial charge is 0.569 e. The number of hydrogen-bond donors (Lipinski definition) is 1. The van der Waals surface area contributed by atoms with Crippen LogP contribution in [0.3, 0.4) is 0 Å². The number of halogens is 3. The van der Waals surface area contributed by atoms with Gasteiger partial charge >= 0.3 is 12.1 Å². The number of nitrogens with one attached hydrogen (secondary N) is 1. The normalized spacial score (nSPS) is 16.0. The van der Waals surface area contributed by atoms with Crippen LogP contribution in [0.15, 0.2) is 64.8 Å². The summed E-state index contributed by atoms with van der Waals surface area (Å²) in [6, 6.07) is 12.5. The summed E-state index contributed by atoms with van der Waals surface area (Å²) in [6.45, 7) is 6.05. The van der Waals surface area contributed by atoms with E-state index in [2.05, 4.69) is 10.4 Å². The maximum atomic E-state index is 13.5. The van der Waals surface area contributed by atoms with Gasteiger partial charge in [-0.3, -0.25) is 9.59 Å². The van der Waals surface area contributed by atoms with E-state index >= 15 is 0 Å². The first-order chi connectivity index (χ1) is 21.0. The predicted molar refractivity (Wildman–Crippen MR) is 151 cm³/mol. The number of carbonyl (C=O) groups excluding carboxylic acids is 2. The van der Waals surface area contributed by atoms with Crippen molar-refractivity contribution in [1.29, 1.82) is 0 Å². The van der Waals surface area contributed by atoms with Crippen molar-refractivity contribution in [3.63, 3.8) is 0 Å². The fourth-order valence-corrected chi connectivity index (χ4v) is 5.26. The Hall–Kier alpha value is -4.67. The summed E-state index contributed by atoms with van der Waals surface area (Å²) in [6.07, 6.45) is -4.57. The van der Waals surface area contributed by atoms with E-state index in [0.29, 0.717) is 5.56 Å². The van der Waals surface area contributed by atoms with Crippen molar-refractivity contribution in [1.82, 2.24) is 19.5 Å². The van der Waals surface area contributed by atoms with Crippen LogP contribution < -0.4 is 4.72 Å². The maximum absolute atomic E-state index is 13.5. The molecule has 0 spiro atoms. The topological polar surface area (TPSA) is 158 Å². The van der Waals surface area contributed by atoms with Gasteiger partial charge in [-0.05, 0) is 64.4 Å². The molecule has 13 nitrogen and oxygen atoms in total. The summed E-state index contributed by atoms with van der Waals surface area (Å²) in [5, 5.41) is 20.3. The number of carbonyl (C=O) groups is 2. The first-order valence-corrected chi connectivity index (χ1v) is 15.1. The molecule has 1 unspecified atom stereocenters.